The Morgan fingerprint density at radius 3 is 1.61 bits per heavy atom. The van der Waals surface area contributed by atoms with E-state index in [0.717, 1.165) is 83.2 Å². The fourth-order valence-corrected chi connectivity index (χ4v) is 7.56. The number of hydrogen-bond donors (Lipinski definition) is 0. The van der Waals surface area contributed by atoms with Gasteiger partial charge in [-0.1, -0.05) is 140 Å². The number of benzene rings is 8. The number of nitrogens with zero attached hydrogens (tertiary/aromatic N) is 1. The van der Waals surface area contributed by atoms with Crippen molar-refractivity contribution in [1.82, 2.24) is 0 Å². The van der Waals surface area contributed by atoms with Gasteiger partial charge in [0, 0.05) is 27.4 Å². The third-order valence-electron chi connectivity index (χ3n) is 9.89. The maximum Gasteiger partial charge on any atom is 0.137 e. The van der Waals surface area contributed by atoms with Crippen LogP contribution in [0.15, 0.2) is 197 Å². The second kappa shape index (κ2) is 11.9. The van der Waals surface area contributed by atoms with Gasteiger partial charge in [-0.25, -0.2) is 0 Å². The van der Waals surface area contributed by atoms with E-state index in [1.54, 1.807) is 0 Å². The molecule has 0 radical (unpaired) electrons. The van der Waals surface area contributed by atoms with Crippen LogP contribution in [0.3, 0.4) is 0 Å². The van der Waals surface area contributed by atoms with Crippen LogP contribution < -0.4 is 4.90 Å². The quantitative estimate of drug-likeness (QED) is 0.179. The third kappa shape index (κ3) is 4.90. The van der Waals surface area contributed by atoms with Crippen LogP contribution in [0.4, 0.5) is 17.1 Å². The van der Waals surface area contributed by atoms with Gasteiger partial charge in [-0.3, -0.25) is 0 Å². The lowest BCUT2D eigenvalue weighted by atomic mass is 9.97. The second-order valence-electron chi connectivity index (χ2n) is 12.9. The molecule has 2 heterocycles. The van der Waals surface area contributed by atoms with Crippen molar-refractivity contribution in [2.45, 2.75) is 0 Å². The molecule has 0 aliphatic rings. The number of anilines is 3. The Labute approximate surface area is 295 Å². The minimum absolute atomic E-state index is 0.856. The molecule has 2 aromatic heterocycles. The smallest absolute Gasteiger partial charge is 0.137 e. The largest absolute Gasteiger partial charge is 0.456 e. The molecule has 0 N–H and O–H groups in total. The third-order valence-corrected chi connectivity index (χ3v) is 9.89. The van der Waals surface area contributed by atoms with E-state index in [0.29, 0.717) is 0 Å². The van der Waals surface area contributed by atoms with Crippen molar-refractivity contribution in [3.05, 3.63) is 188 Å². The van der Waals surface area contributed by atoms with Gasteiger partial charge in [0.2, 0.25) is 0 Å². The zero-order valence-electron chi connectivity index (χ0n) is 27.7. The zero-order chi connectivity index (χ0) is 33.7. The highest BCUT2D eigenvalue weighted by Gasteiger charge is 2.23. The molecule has 10 rings (SSSR count). The molecular formula is C48H31NO2. The average Bonchev–Trinajstić information content (AvgIpc) is 3.78. The predicted octanol–water partition coefficient (Wildman–Crippen LogP) is 14.0. The first kappa shape index (κ1) is 29.1. The van der Waals surface area contributed by atoms with Crippen LogP contribution in [0, 0.1) is 0 Å². The molecule has 0 atom stereocenters. The van der Waals surface area contributed by atoms with Crippen molar-refractivity contribution >= 4 is 60.9 Å². The summed E-state index contributed by atoms with van der Waals surface area (Å²) in [5, 5.41) is 4.40. The first-order valence-corrected chi connectivity index (χ1v) is 17.3. The van der Waals surface area contributed by atoms with Crippen LogP contribution in [0.25, 0.3) is 77.3 Å². The molecule has 0 fully saturated rings. The van der Waals surface area contributed by atoms with Gasteiger partial charge < -0.3 is 13.7 Å². The van der Waals surface area contributed by atoms with Crippen LogP contribution in [-0.2, 0) is 0 Å². The molecule has 51 heavy (non-hydrogen) atoms. The molecule has 0 saturated carbocycles. The molecule has 0 amide bonds. The maximum absolute atomic E-state index is 6.42. The van der Waals surface area contributed by atoms with Crippen molar-refractivity contribution in [1.29, 1.82) is 0 Å². The Kier molecular flexibility index (Phi) is 6.81. The standard InChI is InChI=1S/C48H31NO2/c1-2-13-32(14-3-1)33-27-29-34(30-28-33)37-17-4-7-21-41(37)49(42-22-12-26-46-48(42)40-19-6-9-24-44(40)51-46)36-16-10-15-35(31-36)38-20-11-25-45-47(38)39-18-5-8-23-43(39)50-45/h1-31H. The Balaban J connectivity index is 1.20. The number of para-hydroxylation sites is 3. The molecule has 8 aromatic carbocycles. The van der Waals surface area contributed by atoms with Gasteiger partial charge in [0.1, 0.15) is 22.3 Å². The number of furan rings is 2. The summed E-state index contributed by atoms with van der Waals surface area (Å²) in [5.41, 5.74) is 13.6. The van der Waals surface area contributed by atoms with E-state index < -0.39 is 0 Å². The fourth-order valence-electron chi connectivity index (χ4n) is 7.56. The van der Waals surface area contributed by atoms with Crippen molar-refractivity contribution in [3.63, 3.8) is 0 Å². The molecule has 0 aliphatic heterocycles. The van der Waals surface area contributed by atoms with Crippen molar-refractivity contribution in [3.8, 4) is 33.4 Å². The predicted molar refractivity (Wildman–Crippen MR) is 212 cm³/mol. The monoisotopic (exact) mass is 653 g/mol. The van der Waals surface area contributed by atoms with Crippen molar-refractivity contribution in [2.24, 2.45) is 0 Å². The van der Waals surface area contributed by atoms with Gasteiger partial charge >= 0.3 is 0 Å². The van der Waals surface area contributed by atoms with E-state index in [-0.39, 0.29) is 0 Å². The van der Waals surface area contributed by atoms with E-state index in [4.69, 9.17) is 8.83 Å². The highest BCUT2D eigenvalue weighted by atomic mass is 16.3. The maximum atomic E-state index is 6.42. The van der Waals surface area contributed by atoms with Gasteiger partial charge in [-0.2, -0.15) is 0 Å². The molecule has 0 aliphatic carbocycles. The Hall–Kier alpha value is -6.84. The van der Waals surface area contributed by atoms with Gasteiger partial charge in [-0.05, 0) is 76.3 Å². The lowest BCUT2D eigenvalue weighted by Gasteiger charge is -2.29. The number of hydrogen-bond acceptors (Lipinski definition) is 3. The van der Waals surface area contributed by atoms with Crippen LogP contribution in [0.5, 0.6) is 0 Å². The average molecular weight is 654 g/mol. The summed E-state index contributed by atoms with van der Waals surface area (Å²) >= 11 is 0. The van der Waals surface area contributed by atoms with Crippen molar-refractivity contribution in [2.75, 3.05) is 4.90 Å². The molecular weight excluding hydrogens is 623 g/mol. The highest BCUT2D eigenvalue weighted by Crippen LogP contribution is 2.47. The highest BCUT2D eigenvalue weighted by molar-refractivity contribution is 6.15. The molecule has 240 valence electrons. The molecule has 0 saturated heterocycles. The zero-order valence-corrected chi connectivity index (χ0v) is 27.7. The van der Waals surface area contributed by atoms with Crippen LogP contribution in [0.1, 0.15) is 0 Å². The summed E-state index contributed by atoms with van der Waals surface area (Å²) in [6.45, 7) is 0. The second-order valence-corrected chi connectivity index (χ2v) is 12.9. The van der Waals surface area contributed by atoms with E-state index >= 15 is 0 Å². The van der Waals surface area contributed by atoms with Crippen LogP contribution >= 0.6 is 0 Å². The molecule has 3 nitrogen and oxygen atoms in total. The summed E-state index contributed by atoms with van der Waals surface area (Å²) in [6, 6.07) is 66.2. The normalized spacial score (nSPS) is 11.5. The van der Waals surface area contributed by atoms with E-state index in [2.05, 4.69) is 169 Å². The summed E-state index contributed by atoms with van der Waals surface area (Å²) in [7, 11) is 0. The first-order valence-electron chi connectivity index (χ1n) is 17.3. The molecule has 3 heteroatoms. The van der Waals surface area contributed by atoms with E-state index in [9.17, 15) is 0 Å². The Morgan fingerprint density at radius 1 is 0.314 bits per heavy atom. The summed E-state index contributed by atoms with van der Waals surface area (Å²) in [4.78, 5) is 2.39. The summed E-state index contributed by atoms with van der Waals surface area (Å²) < 4.78 is 12.7. The molecule has 10 aromatic rings. The van der Waals surface area contributed by atoms with E-state index in [1.807, 2.05) is 24.3 Å². The molecule has 0 bridgehead atoms. The number of fused-ring (bicyclic) bond motifs is 6. The fraction of sp³-hybridized carbons (Fsp3) is 0. The van der Waals surface area contributed by atoms with Gasteiger partial charge in [0.15, 0.2) is 0 Å². The number of rotatable bonds is 6. The van der Waals surface area contributed by atoms with E-state index in [1.165, 1.54) is 11.1 Å². The minimum atomic E-state index is 0.856. The molecule has 0 spiro atoms. The van der Waals surface area contributed by atoms with Gasteiger partial charge in [0.25, 0.3) is 0 Å². The lowest BCUT2D eigenvalue weighted by molar-refractivity contribution is 0.668. The van der Waals surface area contributed by atoms with Gasteiger partial charge in [-0.15, -0.1) is 0 Å². The summed E-state index contributed by atoms with van der Waals surface area (Å²) in [6.07, 6.45) is 0. The SMILES string of the molecule is c1ccc(-c2ccc(-c3ccccc3N(c3cccc(-c4cccc5oc6ccccc6c45)c3)c3cccc4oc5ccccc5c34)cc2)cc1. The Morgan fingerprint density at radius 2 is 0.824 bits per heavy atom. The van der Waals surface area contributed by atoms with Crippen LogP contribution in [0.2, 0.25) is 0 Å². The van der Waals surface area contributed by atoms with Crippen LogP contribution in [-0.4, -0.2) is 0 Å². The summed E-state index contributed by atoms with van der Waals surface area (Å²) in [5.74, 6) is 0. The first-order chi connectivity index (χ1) is 25.3. The minimum Gasteiger partial charge on any atom is -0.456 e. The van der Waals surface area contributed by atoms with Crippen molar-refractivity contribution < 1.29 is 8.83 Å². The lowest BCUT2D eigenvalue weighted by Crippen LogP contribution is -2.11. The molecule has 0 unspecified atom stereocenters. The Bertz CT molecular complexity index is 2860. The van der Waals surface area contributed by atoms with Gasteiger partial charge in [0.05, 0.1) is 16.8 Å². The topological polar surface area (TPSA) is 29.5 Å².